The molecule has 6 nitrogen and oxygen atoms in total. The number of carbonyl (C=O) groups is 1. The van der Waals surface area contributed by atoms with Crippen molar-refractivity contribution < 1.29 is 14.3 Å². The molecule has 1 aromatic heterocycles. The first-order chi connectivity index (χ1) is 12.2. The topological polar surface area (TPSA) is 69.6 Å². The molecule has 2 heterocycles. The van der Waals surface area contributed by atoms with Crippen molar-refractivity contribution in [3.05, 3.63) is 51.6 Å². The van der Waals surface area contributed by atoms with Crippen molar-refractivity contribution in [2.45, 2.75) is 19.9 Å². The Labute approximate surface area is 147 Å². The van der Waals surface area contributed by atoms with Gasteiger partial charge in [0.15, 0.2) is 11.5 Å². The number of rotatable bonds is 4. The number of nitrogens with one attached hydrogen (secondary N) is 1. The molecular formula is C18H16N2O4S. The highest BCUT2D eigenvalue weighted by Gasteiger charge is 2.16. The molecule has 0 saturated carbocycles. The number of aryl methyl sites for hydroxylation is 1. The molecule has 0 fully saturated rings. The zero-order valence-electron chi connectivity index (χ0n) is 13.6. The van der Waals surface area contributed by atoms with Crippen molar-refractivity contribution in [1.82, 2.24) is 4.57 Å². The largest absolute Gasteiger partial charge is 0.454 e. The Morgan fingerprint density at radius 2 is 2.04 bits per heavy atom. The molecule has 1 amide bonds. The Kier molecular flexibility index (Phi) is 3.93. The number of thiazole rings is 1. The van der Waals surface area contributed by atoms with E-state index in [2.05, 4.69) is 5.32 Å². The molecule has 1 N–H and O–H groups in total. The molecule has 0 radical (unpaired) electrons. The van der Waals surface area contributed by atoms with Gasteiger partial charge < -0.3 is 14.8 Å². The Hall–Kier alpha value is -2.80. The molecule has 2 aromatic carbocycles. The first-order valence-corrected chi connectivity index (χ1v) is 8.82. The molecule has 7 heteroatoms. The average Bonchev–Trinajstić information content (AvgIpc) is 3.19. The van der Waals surface area contributed by atoms with E-state index in [9.17, 15) is 9.59 Å². The van der Waals surface area contributed by atoms with E-state index in [1.54, 1.807) is 22.8 Å². The minimum absolute atomic E-state index is 0.0242. The second-order valence-corrected chi connectivity index (χ2v) is 6.72. The fraction of sp³-hybridized carbons (Fsp3) is 0.222. The summed E-state index contributed by atoms with van der Waals surface area (Å²) >= 11 is 1.19. The molecule has 0 atom stereocenters. The molecule has 1 aliphatic rings. The summed E-state index contributed by atoms with van der Waals surface area (Å²) in [6, 6.07) is 10.6. The molecule has 0 aliphatic carbocycles. The normalized spacial score (nSPS) is 12.5. The third-order valence-corrected chi connectivity index (χ3v) is 4.95. The van der Waals surface area contributed by atoms with Crippen LogP contribution in [0.3, 0.4) is 0 Å². The van der Waals surface area contributed by atoms with E-state index >= 15 is 0 Å². The molecule has 128 valence electrons. The summed E-state index contributed by atoms with van der Waals surface area (Å²) in [6.45, 7) is 2.91. The zero-order valence-corrected chi connectivity index (χ0v) is 14.4. The van der Waals surface area contributed by atoms with E-state index in [1.165, 1.54) is 11.3 Å². The smallest absolute Gasteiger partial charge is 0.308 e. The number of hydrogen-bond donors (Lipinski definition) is 1. The maximum Gasteiger partial charge on any atom is 0.308 e. The highest BCUT2D eigenvalue weighted by molar-refractivity contribution is 7.16. The van der Waals surface area contributed by atoms with Crippen LogP contribution in [0, 0.1) is 0 Å². The molecule has 0 bridgehead atoms. The number of amides is 1. The summed E-state index contributed by atoms with van der Waals surface area (Å²) in [6.07, 6.45) is 0.897. The number of carbonyl (C=O) groups excluding carboxylic acids is 1. The van der Waals surface area contributed by atoms with Crippen LogP contribution in [0.1, 0.15) is 23.7 Å². The quantitative estimate of drug-likeness (QED) is 0.777. The fourth-order valence-corrected chi connectivity index (χ4v) is 3.78. The van der Waals surface area contributed by atoms with Crippen molar-refractivity contribution in [3.8, 4) is 11.5 Å². The maximum absolute atomic E-state index is 12.5. The number of benzene rings is 2. The van der Waals surface area contributed by atoms with E-state index in [1.807, 2.05) is 25.1 Å². The lowest BCUT2D eigenvalue weighted by Crippen LogP contribution is -2.12. The third-order valence-electron chi connectivity index (χ3n) is 4.01. The van der Waals surface area contributed by atoms with Crippen LogP contribution in [-0.4, -0.2) is 17.3 Å². The molecule has 0 saturated heterocycles. The van der Waals surface area contributed by atoms with Gasteiger partial charge in [0.1, 0.15) is 0 Å². The highest BCUT2D eigenvalue weighted by atomic mass is 32.1. The van der Waals surface area contributed by atoms with Gasteiger partial charge in [-0.25, -0.2) is 0 Å². The van der Waals surface area contributed by atoms with Crippen molar-refractivity contribution >= 4 is 33.1 Å². The first kappa shape index (κ1) is 15.7. The fourth-order valence-electron chi connectivity index (χ4n) is 2.82. The van der Waals surface area contributed by atoms with Crippen LogP contribution in [0.2, 0.25) is 0 Å². The van der Waals surface area contributed by atoms with Gasteiger partial charge in [-0.15, -0.1) is 0 Å². The Bertz CT molecular complexity index is 1020. The molecular weight excluding hydrogens is 340 g/mol. The minimum Gasteiger partial charge on any atom is -0.454 e. The van der Waals surface area contributed by atoms with E-state index in [-0.39, 0.29) is 17.6 Å². The number of fused-ring (bicyclic) bond motifs is 2. The summed E-state index contributed by atoms with van der Waals surface area (Å²) in [7, 11) is 0. The van der Waals surface area contributed by atoms with E-state index in [0.29, 0.717) is 29.3 Å². The number of aromatic nitrogens is 1. The molecule has 3 aromatic rings. The van der Waals surface area contributed by atoms with Crippen molar-refractivity contribution in [2.24, 2.45) is 0 Å². The monoisotopic (exact) mass is 356 g/mol. The molecule has 4 rings (SSSR count). The summed E-state index contributed by atoms with van der Waals surface area (Å²) < 4.78 is 13.2. The Balaban J connectivity index is 1.60. The van der Waals surface area contributed by atoms with Crippen LogP contribution in [0.25, 0.3) is 10.2 Å². The number of ether oxygens (including phenoxy) is 2. The van der Waals surface area contributed by atoms with Crippen LogP contribution in [0.15, 0.2) is 41.2 Å². The lowest BCUT2D eigenvalue weighted by molar-refractivity contribution is 0.102. The standard InChI is InChI=1S/C18H16N2O4S/c1-2-7-20-13-5-4-12(9-16(13)25-18(20)22)19-17(21)11-3-6-14-15(8-11)24-10-23-14/h3-6,8-9H,2,7,10H2,1H3,(H,19,21). The van der Waals surface area contributed by atoms with Crippen LogP contribution in [0.4, 0.5) is 5.69 Å². The van der Waals surface area contributed by atoms with Gasteiger partial charge in [-0.2, -0.15) is 0 Å². The Morgan fingerprint density at radius 3 is 2.88 bits per heavy atom. The zero-order chi connectivity index (χ0) is 17.4. The average molecular weight is 356 g/mol. The molecule has 1 aliphatic heterocycles. The van der Waals surface area contributed by atoms with Gasteiger partial charge in [0.05, 0.1) is 10.2 Å². The predicted molar refractivity (Wildman–Crippen MR) is 96.9 cm³/mol. The minimum atomic E-state index is -0.238. The van der Waals surface area contributed by atoms with Crippen LogP contribution < -0.4 is 19.7 Å². The van der Waals surface area contributed by atoms with E-state index < -0.39 is 0 Å². The van der Waals surface area contributed by atoms with E-state index in [4.69, 9.17) is 9.47 Å². The summed E-state index contributed by atoms with van der Waals surface area (Å²) in [4.78, 5) is 24.5. The maximum atomic E-state index is 12.5. The van der Waals surface area contributed by atoms with Gasteiger partial charge in [-0.3, -0.25) is 14.2 Å². The highest BCUT2D eigenvalue weighted by Crippen LogP contribution is 2.32. The summed E-state index contributed by atoms with van der Waals surface area (Å²) in [5, 5.41) is 2.86. The lowest BCUT2D eigenvalue weighted by Gasteiger charge is -2.07. The van der Waals surface area contributed by atoms with Crippen LogP contribution in [0.5, 0.6) is 11.5 Å². The van der Waals surface area contributed by atoms with Crippen LogP contribution >= 0.6 is 11.3 Å². The van der Waals surface area contributed by atoms with Gasteiger partial charge >= 0.3 is 4.87 Å². The second kappa shape index (κ2) is 6.25. The molecule has 0 unspecified atom stereocenters. The van der Waals surface area contributed by atoms with Crippen molar-refractivity contribution in [2.75, 3.05) is 12.1 Å². The predicted octanol–water partition coefficient (Wildman–Crippen LogP) is 3.45. The number of nitrogens with zero attached hydrogens (tertiary/aromatic N) is 1. The van der Waals surface area contributed by atoms with Crippen molar-refractivity contribution in [3.63, 3.8) is 0 Å². The van der Waals surface area contributed by atoms with E-state index in [0.717, 1.165) is 16.6 Å². The van der Waals surface area contributed by atoms with Gasteiger partial charge in [-0.05, 0) is 42.8 Å². The first-order valence-electron chi connectivity index (χ1n) is 8.00. The van der Waals surface area contributed by atoms with Gasteiger partial charge in [0.25, 0.3) is 5.91 Å². The van der Waals surface area contributed by atoms with Gasteiger partial charge in [0, 0.05) is 17.8 Å². The van der Waals surface area contributed by atoms with Gasteiger partial charge in [0.2, 0.25) is 6.79 Å². The number of hydrogen-bond acceptors (Lipinski definition) is 5. The summed E-state index contributed by atoms with van der Waals surface area (Å²) in [5.74, 6) is 0.968. The second-order valence-electron chi connectivity index (χ2n) is 5.72. The Morgan fingerprint density at radius 1 is 1.20 bits per heavy atom. The summed E-state index contributed by atoms with van der Waals surface area (Å²) in [5.41, 5.74) is 2.04. The molecule has 0 spiro atoms. The van der Waals surface area contributed by atoms with Gasteiger partial charge in [-0.1, -0.05) is 18.3 Å². The number of anilines is 1. The lowest BCUT2D eigenvalue weighted by atomic mass is 10.2. The molecule has 25 heavy (non-hydrogen) atoms. The third kappa shape index (κ3) is 2.87. The van der Waals surface area contributed by atoms with Crippen molar-refractivity contribution in [1.29, 1.82) is 0 Å². The SMILES string of the molecule is CCCn1c(=O)sc2cc(NC(=O)c3ccc4c(c3)OCO4)ccc21. The van der Waals surface area contributed by atoms with Crippen LogP contribution in [-0.2, 0) is 6.54 Å².